The molecule has 2 N–H and O–H groups in total. The van der Waals surface area contributed by atoms with Crippen LogP contribution in [0.25, 0.3) is 0 Å². The van der Waals surface area contributed by atoms with Gasteiger partial charge < -0.3 is 10.4 Å². The summed E-state index contributed by atoms with van der Waals surface area (Å²) in [6.07, 6.45) is 3.41. The highest BCUT2D eigenvalue weighted by molar-refractivity contribution is 7.13. The van der Waals surface area contributed by atoms with E-state index in [-0.39, 0.29) is 17.7 Å². The summed E-state index contributed by atoms with van der Waals surface area (Å²) in [5.41, 5.74) is 2.36. The lowest BCUT2D eigenvalue weighted by molar-refractivity contribution is -0.148. The highest BCUT2D eigenvalue weighted by atomic mass is 32.1. The summed E-state index contributed by atoms with van der Waals surface area (Å²) >= 11 is 1.34. The first-order chi connectivity index (χ1) is 10.0. The Kier molecular flexibility index (Phi) is 3.57. The van der Waals surface area contributed by atoms with Crippen LogP contribution >= 0.6 is 11.3 Å². The Balaban J connectivity index is 1.91. The number of carboxylic acids is 1. The van der Waals surface area contributed by atoms with Crippen molar-refractivity contribution in [3.05, 3.63) is 22.7 Å². The minimum absolute atomic E-state index is 0.0181. The van der Waals surface area contributed by atoms with Gasteiger partial charge in [0.15, 0.2) is 5.13 Å². The minimum Gasteiger partial charge on any atom is -0.481 e. The van der Waals surface area contributed by atoms with E-state index in [1.807, 2.05) is 13.8 Å². The Morgan fingerprint density at radius 1 is 1.29 bits per heavy atom. The van der Waals surface area contributed by atoms with E-state index in [0.717, 1.165) is 12.8 Å². The standard InChI is InChI=1S/C15H18N2O3S/c1-7(2)10-8-3-4-9(10)12(14(19)20)11(8)13(18)17-15-16-5-6-21-15/h5-6,8-9,11-12H,3-4H2,1-2H3,(H,19,20)(H,16,17,18)/t8-,9-,11-,12-/m1/s1. The highest BCUT2D eigenvalue weighted by Crippen LogP contribution is 2.57. The van der Waals surface area contributed by atoms with Crippen LogP contribution in [-0.4, -0.2) is 22.0 Å². The quantitative estimate of drug-likeness (QED) is 0.842. The molecule has 0 saturated heterocycles. The Labute approximate surface area is 127 Å². The van der Waals surface area contributed by atoms with Gasteiger partial charge in [-0.25, -0.2) is 4.98 Å². The Morgan fingerprint density at radius 2 is 1.95 bits per heavy atom. The van der Waals surface area contributed by atoms with Crippen LogP contribution in [0.2, 0.25) is 0 Å². The Bertz CT molecular complexity index is 604. The summed E-state index contributed by atoms with van der Waals surface area (Å²) in [4.78, 5) is 28.3. The maximum absolute atomic E-state index is 12.6. The second-order valence-corrected chi connectivity index (χ2v) is 6.86. The highest BCUT2D eigenvalue weighted by Gasteiger charge is 2.57. The molecule has 2 aliphatic carbocycles. The van der Waals surface area contributed by atoms with Crippen molar-refractivity contribution >= 4 is 28.3 Å². The number of carboxylic acid groups (broad SMARTS) is 1. The molecule has 1 aromatic rings. The van der Waals surface area contributed by atoms with Gasteiger partial charge in [0.25, 0.3) is 0 Å². The molecule has 3 rings (SSSR count). The number of hydrogen-bond acceptors (Lipinski definition) is 4. The number of thiazole rings is 1. The number of fused-ring (bicyclic) bond motifs is 2. The number of rotatable bonds is 3. The van der Waals surface area contributed by atoms with Crippen LogP contribution in [0.5, 0.6) is 0 Å². The van der Waals surface area contributed by atoms with Crippen molar-refractivity contribution in [3.8, 4) is 0 Å². The zero-order valence-electron chi connectivity index (χ0n) is 12.0. The van der Waals surface area contributed by atoms with Crippen molar-refractivity contribution in [2.24, 2.45) is 23.7 Å². The summed E-state index contributed by atoms with van der Waals surface area (Å²) in [6.45, 7) is 4.03. The summed E-state index contributed by atoms with van der Waals surface area (Å²) in [6, 6.07) is 0. The van der Waals surface area contributed by atoms with Gasteiger partial charge in [-0.1, -0.05) is 11.1 Å². The first-order valence-corrected chi connectivity index (χ1v) is 7.99. The predicted octanol–water partition coefficient (Wildman–Crippen LogP) is 2.77. The number of hydrogen-bond donors (Lipinski definition) is 2. The average molecular weight is 306 g/mol. The molecule has 1 aromatic heterocycles. The maximum Gasteiger partial charge on any atom is 0.307 e. The van der Waals surface area contributed by atoms with Crippen LogP contribution in [0.3, 0.4) is 0 Å². The first-order valence-electron chi connectivity index (χ1n) is 7.11. The van der Waals surface area contributed by atoms with E-state index in [4.69, 9.17) is 0 Å². The monoisotopic (exact) mass is 306 g/mol. The van der Waals surface area contributed by atoms with Crippen molar-refractivity contribution in [1.82, 2.24) is 4.98 Å². The van der Waals surface area contributed by atoms with Crippen LogP contribution < -0.4 is 5.32 Å². The van der Waals surface area contributed by atoms with E-state index < -0.39 is 17.8 Å². The van der Waals surface area contributed by atoms with E-state index in [9.17, 15) is 14.7 Å². The van der Waals surface area contributed by atoms with Gasteiger partial charge in [-0.05, 0) is 38.5 Å². The van der Waals surface area contributed by atoms with Crippen LogP contribution in [-0.2, 0) is 9.59 Å². The fraction of sp³-hybridized carbons (Fsp3) is 0.533. The zero-order chi connectivity index (χ0) is 15.1. The first kappa shape index (κ1) is 14.3. The molecule has 0 unspecified atom stereocenters. The van der Waals surface area contributed by atoms with Gasteiger partial charge >= 0.3 is 5.97 Å². The molecule has 5 nitrogen and oxygen atoms in total. The number of nitrogens with one attached hydrogen (secondary N) is 1. The second-order valence-electron chi connectivity index (χ2n) is 5.96. The number of anilines is 1. The summed E-state index contributed by atoms with van der Waals surface area (Å²) in [5, 5.41) is 14.7. The average Bonchev–Trinajstić information content (AvgIpc) is 3.11. The SMILES string of the molecule is CC(C)=C1[C@H]2CC[C@H]1[C@@H](C(=O)Nc1nccs1)[C@@H]2C(=O)O. The molecule has 2 aliphatic rings. The van der Waals surface area contributed by atoms with Gasteiger partial charge in [0.1, 0.15) is 0 Å². The number of aromatic nitrogens is 1. The van der Waals surface area contributed by atoms with Gasteiger partial charge in [0, 0.05) is 11.6 Å². The third-order valence-corrected chi connectivity index (χ3v) is 5.36. The smallest absolute Gasteiger partial charge is 0.307 e. The lowest BCUT2D eigenvalue weighted by atomic mass is 9.79. The lowest BCUT2D eigenvalue weighted by Crippen LogP contribution is -2.37. The van der Waals surface area contributed by atoms with Gasteiger partial charge in [0.2, 0.25) is 5.91 Å². The molecule has 2 bridgehead atoms. The van der Waals surface area contributed by atoms with Gasteiger partial charge in [-0.2, -0.15) is 0 Å². The van der Waals surface area contributed by atoms with Gasteiger partial charge in [-0.3, -0.25) is 9.59 Å². The number of aliphatic carboxylic acids is 1. The number of carbonyl (C=O) groups is 2. The predicted molar refractivity (Wildman–Crippen MR) is 79.9 cm³/mol. The van der Waals surface area contributed by atoms with Crippen LogP contribution in [0.4, 0.5) is 5.13 Å². The number of carbonyl (C=O) groups excluding carboxylic acids is 1. The summed E-state index contributed by atoms with van der Waals surface area (Å²) in [5.74, 6) is -2.06. The van der Waals surface area contributed by atoms with Crippen molar-refractivity contribution in [2.75, 3.05) is 5.32 Å². The van der Waals surface area contributed by atoms with Crippen molar-refractivity contribution in [1.29, 1.82) is 0 Å². The van der Waals surface area contributed by atoms with E-state index >= 15 is 0 Å². The third-order valence-electron chi connectivity index (χ3n) is 4.67. The molecule has 4 atom stereocenters. The minimum atomic E-state index is -0.861. The summed E-state index contributed by atoms with van der Waals surface area (Å²) in [7, 11) is 0. The fourth-order valence-corrected chi connectivity index (χ4v) is 4.61. The molecule has 0 aromatic carbocycles. The third kappa shape index (κ3) is 2.27. The Hall–Kier alpha value is -1.69. The van der Waals surface area contributed by atoms with Crippen molar-refractivity contribution in [2.45, 2.75) is 26.7 Å². The van der Waals surface area contributed by atoms with Crippen molar-refractivity contribution < 1.29 is 14.7 Å². The second kappa shape index (κ2) is 5.26. The maximum atomic E-state index is 12.6. The van der Waals surface area contributed by atoms with Crippen LogP contribution in [0.1, 0.15) is 26.7 Å². The van der Waals surface area contributed by atoms with E-state index in [2.05, 4.69) is 10.3 Å². The molecule has 0 aliphatic heterocycles. The molecular weight excluding hydrogens is 288 g/mol. The molecule has 2 saturated carbocycles. The number of allylic oxidation sites excluding steroid dienone is 2. The van der Waals surface area contributed by atoms with Gasteiger partial charge in [-0.15, -0.1) is 11.3 Å². The molecule has 1 heterocycles. The Morgan fingerprint density at radius 3 is 2.48 bits per heavy atom. The molecule has 0 spiro atoms. The number of nitrogens with zero attached hydrogens (tertiary/aromatic N) is 1. The lowest BCUT2D eigenvalue weighted by Gasteiger charge is -2.25. The molecular formula is C15H18N2O3S. The van der Waals surface area contributed by atoms with Crippen LogP contribution in [0.15, 0.2) is 22.7 Å². The fourth-order valence-electron chi connectivity index (χ4n) is 4.08. The summed E-state index contributed by atoms with van der Waals surface area (Å²) < 4.78 is 0. The van der Waals surface area contributed by atoms with E-state index in [0.29, 0.717) is 5.13 Å². The molecule has 6 heteroatoms. The van der Waals surface area contributed by atoms with Crippen LogP contribution in [0, 0.1) is 23.7 Å². The molecule has 2 fully saturated rings. The topological polar surface area (TPSA) is 79.3 Å². The normalized spacial score (nSPS) is 30.5. The molecule has 112 valence electrons. The largest absolute Gasteiger partial charge is 0.481 e. The number of amides is 1. The van der Waals surface area contributed by atoms with E-state index in [1.165, 1.54) is 22.5 Å². The molecule has 21 heavy (non-hydrogen) atoms. The zero-order valence-corrected chi connectivity index (χ0v) is 12.8. The molecule has 1 amide bonds. The van der Waals surface area contributed by atoms with E-state index in [1.54, 1.807) is 11.6 Å². The van der Waals surface area contributed by atoms with Crippen molar-refractivity contribution in [3.63, 3.8) is 0 Å². The molecule has 0 radical (unpaired) electrons. The van der Waals surface area contributed by atoms with Gasteiger partial charge in [0.05, 0.1) is 11.8 Å².